The van der Waals surface area contributed by atoms with Gasteiger partial charge in [0.15, 0.2) is 0 Å². The summed E-state index contributed by atoms with van der Waals surface area (Å²) in [7, 11) is 0. The first-order valence-corrected chi connectivity index (χ1v) is 8.13. The molecule has 0 bridgehead atoms. The van der Waals surface area contributed by atoms with Crippen LogP contribution in [0.15, 0.2) is 36.4 Å². The first-order valence-electron chi connectivity index (χ1n) is 7.21. The van der Waals surface area contributed by atoms with Crippen molar-refractivity contribution >= 4 is 15.9 Å². The largest absolute Gasteiger partial charge is 0.0839 e. The number of halogens is 1. The Labute approximate surface area is 123 Å². The van der Waals surface area contributed by atoms with Crippen LogP contribution in [0.2, 0.25) is 0 Å². The van der Waals surface area contributed by atoms with E-state index < -0.39 is 0 Å². The zero-order chi connectivity index (χ0) is 12.8. The molecule has 1 atom stereocenters. The lowest BCUT2D eigenvalue weighted by atomic mass is 9.78. The van der Waals surface area contributed by atoms with Crippen LogP contribution < -0.4 is 0 Å². The Balaban J connectivity index is 1.95. The van der Waals surface area contributed by atoms with Crippen molar-refractivity contribution in [3.63, 3.8) is 0 Å². The Morgan fingerprint density at radius 3 is 2.68 bits per heavy atom. The number of aryl methyl sites for hydroxylation is 1. The van der Waals surface area contributed by atoms with Gasteiger partial charge in [0.2, 0.25) is 0 Å². The minimum Gasteiger partial charge on any atom is -0.0839 e. The molecule has 0 spiro atoms. The second-order valence-corrected chi connectivity index (χ2v) is 6.78. The molecule has 2 aromatic carbocycles. The average Bonchev–Trinajstić information content (AvgIpc) is 2.47. The Kier molecular flexibility index (Phi) is 2.77. The smallest absolute Gasteiger partial charge is 0.0398 e. The number of benzene rings is 2. The lowest BCUT2D eigenvalue weighted by Crippen LogP contribution is -2.13. The highest BCUT2D eigenvalue weighted by atomic mass is 79.9. The summed E-state index contributed by atoms with van der Waals surface area (Å²) in [4.78, 5) is 0.568. The third kappa shape index (κ3) is 1.79. The molecular formula is C18H17Br. The first-order chi connectivity index (χ1) is 9.34. The summed E-state index contributed by atoms with van der Waals surface area (Å²) in [6.45, 7) is 0. The van der Waals surface area contributed by atoms with Gasteiger partial charge >= 0.3 is 0 Å². The van der Waals surface area contributed by atoms with E-state index in [1.165, 1.54) is 48.8 Å². The Hall–Kier alpha value is -1.08. The van der Waals surface area contributed by atoms with Gasteiger partial charge in [-0.15, -0.1) is 0 Å². The van der Waals surface area contributed by atoms with Crippen molar-refractivity contribution in [3.8, 4) is 11.1 Å². The van der Waals surface area contributed by atoms with Crippen LogP contribution in [-0.2, 0) is 19.3 Å². The van der Waals surface area contributed by atoms with E-state index in [9.17, 15) is 0 Å². The van der Waals surface area contributed by atoms with Crippen LogP contribution in [0.25, 0.3) is 11.1 Å². The second-order valence-electron chi connectivity index (χ2n) is 5.68. The highest BCUT2D eigenvalue weighted by molar-refractivity contribution is 9.09. The molecule has 0 fully saturated rings. The monoisotopic (exact) mass is 312 g/mol. The highest BCUT2D eigenvalue weighted by Crippen LogP contribution is 2.43. The quantitative estimate of drug-likeness (QED) is 0.585. The van der Waals surface area contributed by atoms with Gasteiger partial charge in [-0.25, -0.2) is 0 Å². The molecule has 0 amide bonds. The molecule has 0 N–H and O–H groups in total. The summed E-state index contributed by atoms with van der Waals surface area (Å²) in [5, 5.41) is 0. The van der Waals surface area contributed by atoms with Gasteiger partial charge in [0.25, 0.3) is 0 Å². The molecule has 1 unspecified atom stereocenters. The molecule has 4 rings (SSSR count). The molecule has 0 heterocycles. The molecule has 2 aliphatic rings. The topological polar surface area (TPSA) is 0 Å². The molecule has 0 radical (unpaired) electrons. The van der Waals surface area contributed by atoms with Gasteiger partial charge in [-0.05, 0) is 65.5 Å². The van der Waals surface area contributed by atoms with E-state index in [0.29, 0.717) is 4.83 Å². The summed E-state index contributed by atoms with van der Waals surface area (Å²) in [6, 6.07) is 13.6. The van der Waals surface area contributed by atoms with Crippen LogP contribution in [0.4, 0.5) is 0 Å². The molecule has 0 saturated heterocycles. The fourth-order valence-electron chi connectivity index (χ4n) is 3.71. The molecule has 1 heteroatoms. The van der Waals surface area contributed by atoms with E-state index in [1.54, 1.807) is 16.7 Å². The Morgan fingerprint density at radius 2 is 1.74 bits per heavy atom. The summed E-state index contributed by atoms with van der Waals surface area (Å²) >= 11 is 3.85. The van der Waals surface area contributed by atoms with Crippen LogP contribution in [0.3, 0.4) is 0 Å². The van der Waals surface area contributed by atoms with Crippen LogP contribution >= 0.6 is 15.9 Å². The van der Waals surface area contributed by atoms with Crippen molar-refractivity contribution in [1.29, 1.82) is 0 Å². The average molecular weight is 313 g/mol. The van der Waals surface area contributed by atoms with Crippen LogP contribution in [-0.4, -0.2) is 0 Å². The molecule has 0 aliphatic heterocycles. The summed E-state index contributed by atoms with van der Waals surface area (Å²) in [5.41, 5.74) is 9.27. The maximum absolute atomic E-state index is 3.85. The van der Waals surface area contributed by atoms with E-state index in [1.807, 2.05) is 0 Å². The Bertz CT molecular complexity index is 642. The molecule has 2 aliphatic carbocycles. The number of hydrogen-bond donors (Lipinski definition) is 0. The zero-order valence-electron chi connectivity index (χ0n) is 11.0. The first kappa shape index (κ1) is 11.7. The SMILES string of the molecule is BrC1CCCc2c1ccc1c2CCc2ccccc2-1. The number of fused-ring (bicyclic) bond motifs is 5. The van der Waals surface area contributed by atoms with Crippen molar-refractivity contribution < 1.29 is 0 Å². The zero-order valence-corrected chi connectivity index (χ0v) is 12.5. The maximum Gasteiger partial charge on any atom is 0.0398 e. The molecule has 19 heavy (non-hydrogen) atoms. The molecule has 96 valence electrons. The lowest BCUT2D eigenvalue weighted by molar-refractivity contribution is 0.672. The highest BCUT2D eigenvalue weighted by Gasteiger charge is 2.25. The van der Waals surface area contributed by atoms with Gasteiger partial charge < -0.3 is 0 Å². The van der Waals surface area contributed by atoms with Crippen LogP contribution in [0.5, 0.6) is 0 Å². The lowest BCUT2D eigenvalue weighted by Gasteiger charge is -2.29. The molecule has 2 aromatic rings. The molecule has 0 nitrogen and oxygen atoms in total. The van der Waals surface area contributed by atoms with Crippen molar-refractivity contribution in [2.75, 3.05) is 0 Å². The standard InChI is InChI=1S/C18H17Br/c19-18-7-3-6-14-16-9-8-12-4-1-2-5-13(12)15(16)10-11-17(14)18/h1-2,4-5,10-11,18H,3,6-9H2. The van der Waals surface area contributed by atoms with Crippen molar-refractivity contribution in [3.05, 3.63) is 58.7 Å². The van der Waals surface area contributed by atoms with E-state index in [0.717, 1.165) is 0 Å². The summed E-state index contributed by atoms with van der Waals surface area (Å²) < 4.78 is 0. The minimum absolute atomic E-state index is 0.568. The van der Waals surface area contributed by atoms with Crippen molar-refractivity contribution in [1.82, 2.24) is 0 Å². The predicted molar refractivity (Wildman–Crippen MR) is 83.9 cm³/mol. The molecule has 0 aromatic heterocycles. The van der Waals surface area contributed by atoms with Crippen LogP contribution in [0, 0.1) is 0 Å². The number of rotatable bonds is 0. The van der Waals surface area contributed by atoms with Gasteiger partial charge in [0.1, 0.15) is 0 Å². The van der Waals surface area contributed by atoms with Gasteiger partial charge in [-0.3, -0.25) is 0 Å². The van der Waals surface area contributed by atoms with E-state index in [4.69, 9.17) is 0 Å². The van der Waals surface area contributed by atoms with Gasteiger partial charge in [-0.2, -0.15) is 0 Å². The third-order valence-corrected chi connectivity index (χ3v) is 5.59. The van der Waals surface area contributed by atoms with E-state index in [-0.39, 0.29) is 0 Å². The van der Waals surface area contributed by atoms with Crippen LogP contribution in [0.1, 0.15) is 39.9 Å². The second kappa shape index (κ2) is 4.49. The summed E-state index contributed by atoms with van der Waals surface area (Å²) in [5.74, 6) is 0. The van der Waals surface area contributed by atoms with Crippen molar-refractivity contribution in [2.45, 2.75) is 36.9 Å². The minimum atomic E-state index is 0.568. The maximum atomic E-state index is 3.85. The fourth-order valence-corrected chi connectivity index (χ4v) is 4.46. The van der Waals surface area contributed by atoms with Gasteiger partial charge in [-0.1, -0.05) is 52.3 Å². The number of alkyl halides is 1. The summed E-state index contributed by atoms with van der Waals surface area (Å²) in [6.07, 6.45) is 6.29. The predicted octanol–water partition coefficient (Wildman–Crippen LogP) is 5.22. The third-order valence-electron chi connectivity index (χ3n) is 4.64. The van der Waals surface area contributed by atoms with E-state index in [2.05, 4.69) is 52.3 Å². The van der Waals surface area contributed by atoms with Gasteiger partial charge in [0, 0.05) is 4.83 Å². The Morgan fingerprint density at radius 1 is 0.842 bits per heavy atom. The van der Waals surface area contributed by atoms with E-state index >= 15 is 0 Å². The van der Waals surface area contributed by atoms with Crippen molar-refractivity contribution in [2.24, 2.45) is 0 Å². The molecule has 0 saturated carbocycles. The normalized spacial score (nSPS) is 20.4. The number of hydrogen-bond acceptors (Lipinski definition) is 0. The fraction of sp³-hybridized carbons (Fsp3) is 0.333. The molecular weight excluding hydrogens is 296 g/mol. The van der Waals surface area contributed by atoms with Gasteiger partial charge in [0.05, 0.1) is 0 Å².